The van der Waals surface area contributed by atoms with Crippen molar-refractivity contribution in [3.05, 3.63) is 75.6 Å². The molecular formula is C16H14Cl2N2O3S. The summed E-state index contributed by atoms with van der Waals surface area (Å²) in [6.45, 7) is 3.46. The summed E-state index contributed by atoms with van der Waals surface area (Å²) in [5, 5.41) is 4.53. The summed E-state index contributed by atoms with van der Waals surface area (Å²) in [6, 6.07) is 11.0. The molecule has 0 atom stereocenters. The van der Waals surface area contributed by atoms with Crippen molar-refractivity contribution in [2.24, 2.45) is 0 Å². The van der Waals surface area contributed by atoms with Crippen molar-refractivity contribution in [2.75, 3.05) is 4.72 Å². The smallest absolute Gasteiger partial charge is 0.254 e. The van der Waals surface area contributed by atoms with Gasteiger partial charge in [-0.3, -0.25) is 9.52 Å². The van der Waals surface area contributed by atoms with Gasteiger partial charge in [0.15, 0.2) is 0 Å². The summed E-state index contributed by atoms with van der Waals surface area (Å²) in [7, 11) is -3.57. The molecule has 0 fully saturated rings. The fourth-order valence-corrected chi connectivity index (χ4v) is 2.86. The van der Waals surface area contributed by atoms with Crippen LogP contribution in [-0.2, 0) is 16.6 Å². The lowest BCUT2D eigenvalue weighted by atomic mass is 10.2. The Morgan fingerprint density at radius 1 is 1.12 bits per heavy atom. The van der Waals surface area contributed by atoms with Crippen LogP contribution in [0.1, 0.15) is 15.9 Å². The molecule has 0 bridgehead atoms. The molecule has 0 saturated carbocycles. The average Bonchev–Trinajstić information content (AvgIpc) is 2.54. The summed E-state index contributed by atoms with van der Waals surface area (Å²) < 4.78 is 25.0. The third-order valence-electron chi connectivity index (χ3n) is 3.08. The minimum absolute atomic E-state index is 0.250. The van der Waals surface area contributed by atoms with Crippen LogP contribution in [0.15, 0.2) is 54.5 Å². The van der Waals surface area contributed by atoms with E-state index in [2.05, 4.69) is 16.6 Å². The van der Waals surface area contributed by atoms with Crippen molar-refractivity contribution in [1.29, 1.82) is 0 Å². The van der Waals surface area contributed by atoms with Gasteiger partial charge in [-0.2, -0.15) is 0 Å². The third kappa shape index (κ3) is 4.99. The Kier molecular flexibility index (Phi) is 5.88. The number of rotatable bonds is 6. The second kappa shape index (κ2) is 7.70. The van der Waals surface area contributed by atoms with Gasteiger partial charge in [-0.1, -0.05) is 35.8 Å². The van der Waals surface area contributed by atoms with Gasteiger partial charge in [-0.15, -0.1) is 0 Å². The van der Waals surface area contributed by atoms with E-state index in [9.17, 15) is 13.2 Å². The lowest BCUT2D eigenvalue weighted by Gasteiger charge is -2.08. The lowest BCUT2D eigenvalue weighted by Crippen LogP contribution is -2.22. The molecule has 5 nitrogen and oxygen atoms in total. The van der Waals surface area contributed by atoms with E-state index >= 15 is 0 Å². The van der Waals surface area contributed by atoms with Gasteiger partial charge < -0.3 is 5.32 Å². The maximum atomic E-state index is 12.1. The van der Waals surface area contributed by atoms with E-state index in [4.69, 9.17) is 23.2 Å². The minimum Gasteiger partial charge on any atom is -0.348 e. The van der Waals surface area contributed by atoms with Crippen molar-refractivity contribution in [2.45, 2.75) is 6.54 Å². The number of anilines is 1. The van der Waals surface area contributed by atoms with E-state index < -0.39 is 10.0 Å². The van der Waals surface area contributed by atoms with E-state index in [1.807, 2.05) is 0 Å². The topological polar surface area (TPSA) is 75.3 Å². The Balaban J connectivity index is 2.01. The first-order chi connectivity index (χ1) is 11.3. The van der Waals surface area contributed by atoms with Crippen LogP contribution in [0.5, 0.6) is 0 Å². The van der Waals surface area contributed by atoms with Crippen molar-refractivity contribution in [3.63, 3.8) is 0 Å². The molecule has 24 heavy (non-hydrogen) atoms. The van der Waals surface area contributed by atoms with Crippen LogP contribution in [-0.4, -0.2) is 14.3 Å². The molecule has 0 aliphatic carbocycles. The Morgan fingerprint density at radius 3 is 2.38 bits per heavy atom. The molecule has 2 aromatic carbocycles. The zero-order chi connectivity index (χ0) is 17.7. The molecule has 2 rings (SSSR count). The molecule has 2 N–H and O–H groups in total. The number of carbonyl (C=O) groups is 1. The second-order valence-electron chi connectivity index (χ2n) is 4.81. The van der Waals surface area contributed by atoms with Gasteiger partial charge in [0, 0.05) is 33.2 Å². The molecule has 0 heterocycles. The lowest BCUT2D eigenvalue weighted by molar-refractivity contribution is 0.0951. The fourth-order valence-electron chi connectivity index (χ4n) is 1.84. The van der Waals surface area contributed by atoms with Gasteiger partial charge in [0.2, 0.25) is 0 Å². The molecule has 1 amide bonds. The quantitative estimate of drug-likeness (QED) is 0.794. The van der Waals surface area contributed by atoms with Crippen LogP contribution in [0.25, 0.3) is 0 Å². The summed E-state index contributed by atoms with van der Waals surface area (Å²) in [4.78, 5) is 12.1. The Hall–Kier alpha value is -2.02. The van der Waals surface area contributed by atoms with Crippen LogP contribution < -0.4 is 10.0 Å². The second-order valence-corrected chi connectivity index (χ2v) is 7.28. The van der Waals surface area contributed by atoms with Crippen LogP contribution in [0.3, 0.4) is 0 Å². The first kappa shape index (κ1) is 18.3. The summed E-state index contributed by atoms with van der Waals surface area (Å²) in [5.41, 5.74) is 1.47. The van der Waals surface area contributed by atoms with Gasteiger partial charge in [-0.05, 0) is 42.0 Å². The minimum atomic E-state index is -3.57. The standard InChI is InChI=1S/C16H14Cl2N2O3S/c1-2-24(22,23)20-14-7-4-11(5-8-14)16(21)19-10-12-3-6-13(17)9-15(12)18/h2-9,20H,1,10H2,(H,19,21). The first-order valence-electron chi connectivity index (χ1n) is 6.78. The fraction of sp³-hybridized carbons (Fsp3) is 0.0625. The first-order valence-corrected chi connectivity index (χ1v) is 9.08. The number of benzene rings is 2. The molecule has 0 saturated heterocycles. The van der Waals surface area contributed by atoms with Gasteiger partial charge in [0.25, 0.3) is 15.9 Å². The largest absolute Gasteiger partial charge is 0.348 e. The molecule has 126 valence electrons. The summed E-state index contributed by atoms with van der Waals surface area (Å²) >= 11 is 11.9. The van der Waals surface area contributed by atoms with Crippen molar-refractivity contribution < 1.29 is 13.2 Å². The number of nitrogens with one attached hydrogen (secondary N) is 2. The normalized spacial score (nSPS) is 10.9. The zero-order valence-corrected chi connectivity index (χ0v) is 14.8. The highest BCUT2D eigenvalue weighted by Crippen LogP contribution is 2.21. The molecule has 0 spiro atoms. The van der Waals surface area contributed by atoms with Gasteiger partial charge >= 0.3 is 0 Å². The van der Waals surface area contributed by atoms with Crippen LogP contribution >= 0.6 is 23.2 Å². The molecule has 0 radical (unpaired) electrons. The predicted molar refractivity (Wildman–Crippen MR) is 96.8 cm³/mol. The maximum absolute atomic E-state index is 12.1. The van der Waals surface area contributed by atoms with E-state index in [1.54, 1.807) is 18.2 Å². The maximum Gasteiger partial charge on any atom is 0.254 e. The van der Waals surface area contributed by atoms with Gasteiger partial charge in [0.1, 0.15) is 0 Å². The van der Waals surface area contributed by atoms with E-state index in [0.717, 1.165) is 11.0 Å². The molecular weight excluding hydrogens is 371 g/mol. The molecule has 0 unspecified atom stereocenters. The van der Waals surface area contributed by atoms with Crippen LogP contribution in [0.2, 0.25) is 10.0 Å². The van der Waals surface area contributed by atoms with Crippen molar-refractivity contribution >= 4 is 44.8 Å². The molecule has 2 aromatic rings. The molecule has 8 heteroatoms. The molecule has 0 aromatic heterocycles. The number of carbonyl (C=O) groups excluding carboxylic acids is 1. The predicted octanol–water partition coefficient (Wildman–Crippen LogP) is 3.81. The SMILES string of the molecule is C=CS(=O)(=O)Nc1ccc(C(=O)NCc2ccc(Cl)cc2Cl)cc1. The van der Waals surface area contributed by atoms with Crippen LogP contribution in [0.4, 0.5) is 5.69 Å². The summed E-state index contributed by atoms with van der Waals surface area (Å²) in [6.07, 6.45) is 0. The van der Waals surface area contributed by atoms with E-state index in [1.165, 1.54) is 24.3 Å². The van der Waals surface area contributed by atoms with Crippen molar-refractivity contribution in [3.8, 4) is 0 Å². The van der Waals surface area contributed by atoms with Gasteiger partial charge in [0.05, 0.1) is 0 Å². The van der Waals surface area contributed by atoms with Crippen LogP contribution in [0, 0.1) is 0 Å². The number of hydrogen-bond donors (Lipinski definition) is 2. The van der Waals surface area contributed by atoms with Gasteiger partial charge in [-0.25, -0.2) is 8.42 Å². The number of sulfonamides is 1. The Morgan fingerprint density at radius 2 is 1.79 bits per heavy atom. The molecule has 0 aliphatic rings. The van der Waals surface area contributed by atoms with E-state index in [0.29, 0.717) is 21.3 Å². The molecule has 0 aliphatic heterocycles. The third-order valence-corrected chi connectivity index (χ3v) is 4.63. The highest BCUT2D eigenvalue weighted by atomic mass is 35.5. The number of hydrogen-bond acceptors (Lipinski definition) is 3. The Bertz CT molecular complexity index is 865. The van der Waals surface area contributed by atoms with Crippen molar-refractivity contribution in [1.82, 2.24) is 5.32 Å². The Labute approximate surface area is 150 Å². The summed E-state index contributed by atoms with van der Waals surface area (Å²) in [5.74, 6) is -0.306. The number of amides is 1. The monoisotopic (exact) mass is 384 g/mol. The highest BCUT2D eigenvalue weighted by Gasteiger charge is 2.09. The highest BCUT2D eigenvalue weighted by molar-refractivity contribution is 7.95. The van der Waals surface area contributed by atoms with E-state index in [-0.39, 0.29) is 12.5 Å². The number of halogens is 2. The zero-order valence-electron chi connectivity index (χ0n) is 12.4. The average molecular weight is 385 g/mol.